The third-order valence-corrected chi connectivity index (χ3v) is 4.07. The van der Waals surface area contributed by atoms with Crippen LogP contribution < -0.4 is 11.1 Å². The molecule has 0 aliphatic rings. The topological polar surface area (TPSA) is 72.9 Å². The van der Waals surface area contributed by atoms with E-state index in [2.05, 4.69) is 24.3 Å². The Hall–Kier alpha value is -2.66. The maximum Gasteiger partial charge on any atom is 0.245 e. The number of nitrogens with two attached hydrogens (primary N) is 1. The summed E-state index contributed by atoms with van der Waals surface area (Å²) in [5.74, 6) is -0.228. The molecule has 5 heteroatoms. The molecule has 24 heavy (non-hydrogen) atoms. The maximum atomic E-state index is 12.4. The minimum Gasteiger partial charge on any atom is -0.324 e. The highest BCUT2D eigenvalue weighted by Crippen LogP contribution is 2.22. The predicted molar refractivity (Wildman–Crippen MR) is 96.9 cm³/mol. The number of aromatic nitrogens is 2. The van der Waals surface area contributed by atoms with Crippen molar-refractivity contribution in [2.75, 3.05) is 5.32 Å². The minimum absolute atomic E-state index is 0.228. The van der Waals surface area contributed by atoms with Gasteiger partial charge in [-0.05, 0) is 44.5 Å². The smallest absolute Gasteiger partial charge is 0.245 e. The van der Waals surface area contributed by atoms with Gasteiger partial charge in [-0.3, -0.25) is 9.48 Å². The quantitative estimate of drug-likeness (QED) is 0.771. The summed E-state index contributed by atoms with van der Waals surface area (Å²) >= 11 is 0. The fourth-order valence-corrected chi connectivity index (χ4v) is 2.67. The molecule has 1 aromatic heterocycles. The highest BCUT2D eigenvalue weighted by atomic mass is 16.2. The molecule has 1 amide bonds. The molecule has 0 aliphatic carbocycles. The molecule has 5 nitrogen and oxygen atoms in total. The van der Waals surface area contributed by atoms with E-state index in [1.54, 1.807) is 0 Å². The molecular formula is C19H22N4O. The molecule has 0 spiro atoms. The number of aryl methyl sites for hydroxylation is 1. The number of hydrogen-bond donors (Lipinski definition) is 2. The van der Waals surface area contributed by atoms with Crippen molar-refractivity contribution in [3.05, 3.63) is 59.8 Å². The number of fused-ring (bicyclic) bond motifs is 1. The summed E-state index contributed by atoms with van der Waals surface area (Å²) in [6, 6.07) is 13.0. The van der Waals surface area contributed by atoms with Crippen LogP contribution >= 0.6 is 0 Å². The number of nitrogens with zero attached hydrogens (tertiary/aromatic N) is 2. The van der Waals surface area contributed by atoms with Gasteiger partial charge in [0.25, 0.3) is 0 Å². The van der Waals surface area contributed by atoms with E-state index in [9.17, 15) is 4.79 Å². The molecule has 124 valence electrons. The van der Waals surface area contributed by atoms with Crippen molar-refractivity contribution < 1.29 is 4.79 Å². The van der Waals surface area contributed by atoms with Gasteiger partial charge in [0.2, 0.25) is 5.91 Å². The number of benzene rings is 2. The van der Waals surface area contributed by atoms with Gasteiger partial charge in [0.15, 0.2) is 0 Å². The summed E-state index contributed by atoms with van der Waals surface area (Å²) in [5.41, 5.74) is 9.73. The predicted octanol–water partition coefficient (Wildman–Crippen LogP) is 3.56. The van der Waals surface area contributed by atoms with E-state index >= 15 is 0 Å². The van der Waals surface area contributed by atoms with Gasteiger partial charge in [-0.1, -0.05) is 29.8 Å². The highest BCUT2D eigenvalue weighted by molar-refractivity contribution is 5.97. The lowest BCUT2D eigenvalue weighted by molar-refractivity contribution is -0.117. The minimum atomic E-state index is -0.698. The fraction of sp³-hybridized carbons (Fsp3) is 0.263. The number of anilines is 1. The number of carbonyl (C=O) groups is 1. The highest BCUT2D eigenvalue weighted by Gasteiger charge is 2.16. The molecule has 1 unspecified atom stereocenters. The number of hydrogen-bond acceptors (Lipinski definition) is 3. The van der Waals surface area contributed by atoms with Crippen LogP contribution in [0.3, 0.4) is 0 Å². The molecule has 0 saturated heterocycles. The first-order valence-corrected chi connectivity index (χ1v) is 8.06. The Kier molecular flexibility index (Phi) is 4.36. The lowest BCUT2D eigenvalue weighted by Crippen LogP contribution is -2.27. The van der Waals surface area contributed by atoms with Crippen molar-refractivity contribution >= 4 is 22.5 Å². The summed E-state index contributed by atoms with van der Waals surface area (Å²) in [7, 11) is 0. The Morgan fingerprint density at radius 1 is 1.17 bits per heavy atom. The fourth-order valence-electron chi connectivity index (χ4n) is 2.67. The number of rotatable bonds is 4. The van der Waals surface area contributed by atoms with Crippen LogP contribution in [-0.4, -0.2) is 15.7 Å². The molecule has 0 radical (unpaired) electrons. The van der Waals surface area contributed by atoms with Crippen LogP contribution in [0.5, 0.6) is 0 Å². The normalized spacial score (nSPS) is 12.5. The average molecular weight is 322 g/mol. The summed E-state index contributed by atoms with van der Waals surface area (Å²) in [5, 5.41) is 8.33. The van der Waals surface area contributed by atoms with Gasteiger partial charge in [-0.15, -0.1) is 0 Å². The van der Waals surface area contributed by atoms with E-state index in [0.29, 0.717) is 0 Å². The SMILES string of the molecule is Cc1ccc(C(N)C(=O)Nc2ccc3cnn(C(C)C)c3c2)cc1. The molecule has 0 aliphatic heterocycles. The van der Waals surface area contributed by atoms with Crippen LogP contribution in [0.2, 0.25) is 0 Å². The summed E-state index contributed by atoms with van der Waals surface area (Å²) in [6.07, 6.45) is 1.83. The first kappa shape index (κ1) is 16.2. The van der Waals surface area contributed by atoms with E-state index in [0.717, 1.165) is 27.7 Å². The van der Waals surface area contributed by atoms with Crippen LogP contribution in [0.15, 0.2) is 48.7 Å². The molecule has 0 saturated carbocycles. The molecule has 1 heterocycles. The largest absolute Gasteiger partial charge is 0.324 e. The zero-order valence-electron chi connectivity index (χ0n) is 14.2. The molecular weight excluding hydrogens is 300 g/mol. The van der Waals surface area contributed by atoms with E-state index in [4.69, 9.17) is 5.73 Å². The molecule has 0 bridgehead atoms. The van der Waals surface area contributed by atoms with Gasteiger partial charge < -0.3 is 11.1 Å². The molecule has 3 N–H and O–H groups in total. The van der Waals surface area contributed by atoms with Gasteiger partial charge >= 0.3 is 0 Å². The first-order valence-electron chi connectivity index (χ1n) is 8.06. The lowest BCUT2D eigenvalue weighted by Gasteiger charge is -2.14. The van der Waals surface area contributed by atoms with Crippen molar-refractivity contribution in [3.8, 4) is 0 Å². The Morgan fingerprint density at radius 2 is 1.88 bits per heavy atom. The van der Waals surface area contributed by atoms with Crippen molar-refractivity contribution in [2.45, 2.75) is 32.9 Å². The second kappa shape index (κ2) is 6.45. The summed E-state index contributed by atoms with van der Waals surface area (Å²) in [6.45, 7) is 6.15. The monoisotopic (exact) mass is 322 g/mol. The standard InChI is InChI=1S/C19H22N4O/c1-12(2)23-17-10-16(9-8-15(17)11-21-23)22-19(24)18(20)14-6-4-13(3)5-7-14/h4-12,18H,20H2,1-3H3,(H,22,24). The maximum absolute atomic E-state index is 12.4. The Balaban J connectivity index is 1.82. The number of carbonyl (C=O) groups excluding carboxylic acids is 1. The molecule has 3 aromatic rings. The second-order valence-electron chi connectivity index (χ2n) is 6.33. The number of nitrogens with one attached hydrogen (secondary N) is 1. The average Bonchev–Trinajstić information content (AvgIpc) is 2.98. The van der Waals surface area contributed by atoms with E-state index in [1.807, 2.05) is 60.3 Å². The van der Waals surface area contributed by atoms with Crippen LogP contribution in [0.4, 0.5) is 5.69 Å². The van der Waals surface area contributed by atoms with Crippen molar-refractivity contribution in [3.63, 3.8) is 0 Å². The van der Waals surface area contributed by atoms with E-state index in [-0.39, 0.29) is 11.9 Å². The zero-order valence-corrected chi connectivity index (χ0v) is 14.2. The van der Waals surface area contributed by atoms with E-state index in [1.165, 1.54) is 0 Å². The number of amides is 1. The third-order valence-electron chi connectivity index (χ3n) is 4.07. The van der Waals surface area contributed by atoms with Crippen molar-refractivity contribution in [1.82, 2.24) is 9.78 Å². The van der Waals surface area contributed by atoms with Gasteiger partial charge in [-0.25, -0.2) is 0 Å². The van der Waals surface area contributed by atoms with Gasteiger partial charge in [0.1, 0.15) is 6.04 Å². The molecule has 0 fully saturated rings. The van der Waals surface area contributed by atoms with Gasteiger partial charge in [-0.2, -0.15) is 5.10 Å². The van der Waals surface area contributed by atoms with Crippen molar-refractivity contribution in [2.24, 2.45) is 5.73 Å². The van der Waals surface area contributed by atoms with Gasteiger partial charge in [0.05, 0.1) is 11.7 Å². The molecule has 3 rings (SSSR count). The third kappa shape index (κ3) is 3.16. The van der Waals surface area contributed by atoms with Crippen LogP contribution in [0.1, 0.15) is 37.1 Å². The van der Waals surface area contributed by atoms with Crippen LogP contribution in [0.25, 0.3) is 10.9 Å². The summed E-state index contributed by atoms with van der Waals surface area (Å²) < 4.78 is 1.94. The van der Waals surface area contributed by atoms with Crippen LogP contribution in [0, 0.1) is 6.92 Å². The first-order chi connectivity index (χ1) is 11.5. The second-order valence-corrected chi connectivity index (χ2v) is 6.33. The zero-order chi connectivity index (χ0) is 17.3. The Morgan fingerprint density at radius 3 is 2.54 bits per heavy atom. The lowest BCUT2D eigenvalue weighted by atomic mass is 10.1. The summed E-state index contributed by atoms with van der Waals surface area (Å²) in [4.78, 5) is 12.4. The Bertz CT molecular complexity index is 865. The Labute approximate surface area is 141 Å². The molecule has 2 aromatic carbocycles. The van der Waals surface area contributed by atoms with Crippen molar-refractivity contribution in [1.29, 1.82) is 0 Å². The van der Waals surface area contributed by atoms with E-state index < -0.39 is 6.04 Å². The van der Waals surface area contributed by atoms with Crippen LogP contribution in [-0.2, 0) is 4.79 Å². The molecule has 1 atom stereocenters. The van der Waals surface area contributed by atoms with Gasteiger partial charge in [0, 0.05) is 17.1 Å².